The van der Waals surface area contributed by atoms with E-state index < -0.39 is 0 Å². The van der Waals surface area contributed by atoms with E-state index in [4.69, 9.17) is 14.2 Å². The maximum absolute atomic E-state index is 13.1. The van der Waals surface area contributed by atoms with Crippen molar-refractivity contribution in [3.63, 3.8) is 0 Å². The number of hydrogen-bond donors (Lipinski definition) is 0. The molecule has 2 aliphatic rings. The van der Waals surface area contributed by atoms with Gasteiger partial charge in [0.05, 0.1) is 11.4 Å². The molecule has 3 aromatic rings. The molecular formula is C30H32N2O5S. The van der Waals surface area contributed by atoms with E-state index in [1.54, 1.807) is 6.08 Å². The second kappa shape index (κ2) is 10.6. The number of rotatable bonds is 7. The van der Waals surface area contributed by atoms with Gasteiger partial charge in [-0.05, 0) is 85.5 Å². The molecule has 0 saturated carbocycles. The van der Waals surface area contributed by atoms with Crippen LogP contribution in [0.15, 0.2) is 47.4 Å². The van der Waals surface area contributed by atoms with Gasteiger partial charge in [-0.1, -0.05) is 26.0 Å². The van der Waals surface area contributed by atoms with Crippen LogP contribution in [0.5, 0.6) is 17.2 Å². The molecule has 198 valence electrons. The summed E-state index contributed by atoms with van der Waals surface area (Å²) in [6.07, 6.45) is 1.81. The Morgan fingerprint density at radius 1 is 1.00 bits per heavy atom. The lowest BCUT2D eigenvalue weighted by molar-refractivity contribution is -0.123. The van der Waals surface area contributed by atoms with Gasteiger partial charge in [-0.15, -0.1) is 0 Å². The third-order valence-corrected chi connectivity index (χ3v) is 7.69. The molecule has 0 N–H and O–H groups in total. The molecule has 0 aliphatic carbocycles. The first-order valence-electron chi connectivity index (χ1n) is 12.8. The minimum absolute atomic E-state index is 0.198. The molecule has 0 bridgehead atoms. The zero-order valence-electron chi connectivity index (χ0n) is 22.4. The van der Waals surface area contributed by atoms with E-state index in [0.29, 0.717) is 24.0 Å². The van der Waals surface area contributed by atoms with Crippen molar-refractivity contribution in [2.45, 2.75) is 40.5 Å². The maximum Gasteiger partial charge on any atom is 0.293 e. The number of aromatic nitrogens is 1. The SMILES string of the molecule is Cc1ccc(C(C)C)c(OCCN2C(=O)S/C(=C\c3cc(C)n(-c4ccc5c(c4)OCCO5)c3C)C2=O)c1. The normalized spacial score (nSPS) is 16.2. The number of nitrogens with zero attached hydrogens (tertiary/aromatic N) is 2. The third kappa shape index (κ3) is 5.05. The van der Waals surface area contributed by atoms with Gasteiger partial charge in [0.2, 0.25) is 0 Å². The highest BCUT2D eigenvalue weighted by molar-refractivity contribution is 8.18. The first-order chi connectivity index (χ1) is 18.2. The third-order valence-electron chi connectivity index (χ3n) is 6.78. The predicted octanol–water partition coefficient (Wildman–Crippen LogP) is 6.41. The van der Waals surface area contributed by atoms with Crippen molar-refractivity contribution < 1.29 is 23.8 Å². The minimum atomic E-state index is -0.291. The summed E-state index contributed by atoms with van der Waals surface area (Å²) in [4.78, 5) is 27.5. The zero-order chi connectivity index (χ0) is 27.0. The van der Waals surface area contributed by atoms with Crippen LogP contribution >= 0.6 is 11.8 Å². The average Bonchev–Trinajstić information content (AvgIpc) is 3.32. The number of thioether (sulfide) groups is 1. The summed E-state index contributed by atoms with van der Waals surface area (Å²) in [5.41, 5.74) is 6.03. The molecule has 0 unspecified atom stereocenters. The first-order valence-corrected chi connectivity index (χ1v) is 13.6. The van der Waals surface area contributed by atoms with E-state index in [-0.39, 0.29) is 24.3 Å². The molecule has 3 heterocycles. The topological polar surface area (TPSA) is 70.0 Å². The highest BCUT2D eigenvalue weighted by Crippen LogP contribution is 2.36. The van der Waals surface area contributed by atoms with Crippen LogP contribution in [-0.2, 0) is 4.79 Å². The number of fused-ring (bicyclic) bond motifs is 1. The Kier molecular flexibility index (Phi) is 7.25. The molecule has 2 aromatic carbocycles. The largest absolute Gasteiger partial charge is 0.491 e. The highest BCUT2D eigenvalue weighted by Gasteiger charge is 2.35. The Morgan fingerprint density at radius 2 is 1.76 bits per heavy atom. The Labute approximate surface area is 227 Å². The Hall–Kier alpha value is -3.65. The number of carbonyl (C=O) groups is 2. The van der Waals surface area contributed by atoms with Crippen LogP contribution in [0, 0.1) is 20.8 Å². The number of benzene rings is 2. The first kappa shape index (κ1) is 26.0. The van der Waals surface area contributed by atoms with Gasteiger partial charge in [-0.3, -0.25) is 14.5 Å². The summed E-state index contributed by atoms with van der Waals surface area (Å²) in [5, 5.41) is -0.279. The quantitative estimate of drug-likeness (QED) is 0.328. The number of imide groups is 1. The Balaban J connectivity index is 1.31. The molecule has 1 saturated heterocycles. The van der Waals surface area contributed by atoms with Crippen LogP contribution in [0.1, 0.15) is 47.8 Å². The van der Waals surface area contributed by atoms with E-state index in [9.17, 15) is 9.59 Å². The van der Waals surface area contributed by atoms with Crippen molar-refractivity contribution >= 4 is 29.0 Å². The molecular weight excluding hydrogens is 500 g/mol. The van der Waals surface area contributed by atoms with Crippen LogP contribution in [-0.4, -0.2) is 47.0 Å². The number of carbonyl (C=O) groups excluding carboxylic acids is 2. The number of hydrogen-bond acceptors (Lipinski definition) is 6. The van der Waals surface area contributed by atoms with Crippen LogP contribution < -0.4 is 14.2 Å². The van der Waals surface area contributed by atoms with Gasteiger partial charge in [-0.2, -0.15) is 0 Å². The van der Waals surface area contributed by atoms with Crippen molar-refractivity contribution in [2.75, 3.05) is 26.4 Å². The van der Waals surface area contributed by atoms with Crippen LogP contribution in [0.2, 0.25) is 0 Å². The molecule has 38 heavy (non-hydrogen) atoms. The maximum atomic E-state index is 13.1. The van der Waals surface area contributed by atoms with Gasteiger partial charge in [-0.25, -0.2) is 0 Å². The van der Waals surface area contributed by atoms with Crippen molar-refractivity contribution in [3.05, 3.63) is 75.4 Å². The van der Waals surface area contributed by atoms with Gasteiger partial charge in [0.1, 0.15) is 25.6 Å². The summed E-state index contributed by atoms with van der Waals surface area (Å²) >= 11 is 0.969. The van der Waals surface area contributed by atoms with Crippen molar-refractivity contribution in [1.29, 1.82) is 0 Å². The average molecular weight is 533 g/mol. The second-order valence-electron chi connectivity index (χ2n) is 9.87. The smallest absolute Gasteiger partial charge is 0.293 e. The van der Waals surface area contributed by atoms with E-state index in [1.807, 2.05) is 51.1 Å². The number of amides is 2. The molecule has 0 atom stereocenters. The number of ether oxygens (including phenoxy) is 3. The predicted molar refractivity (Wildman–Crippen MR) is 150 cm³/mol. The number of aryl methyl sites for hydroxylation is 2. The fourth-order valence-corrected chi connectivity index (χ4v) is 5.68. The van der Waals surface area contributed by atoms with Crippen molar-refractivity contribution in [2.24, 2.45) is 0 Å². The summed E-state index contributed by atoms with van der Waals surface area (Å²) in [6.45, 7) is 11.8. The fourth-order valence-electron chi connectivity index (χ4n) is 4.83. The molecule has 2 amide bonds. The molecule has 1 fully saturated rings. The van der Waals surface area contributed by atoms with E-state index in [2.05, 4.69) is 30.5 Å². The summed E-state index contributed by atoms with van der Waals surface area (Å²) in [6, 6.07) is 14.0. The van der Waals surface area contributed by atoms with Crippen LogP contribution in [0.3, 0.4) is 0 Å². The molecule has 0 spiro atoms. The van der Waals surface area contributed by atoms with E-state index in [1.165, 1.54) is 4.90 Å². The van der Waals surface area contributed by atoms with Crippen molar-refractivity contribution in [1.82, 2.24) is 9.47 Å². The lowest BCUT2D eigenvalue weighted by atomic mass is 10.0. The monoisotopic (exact) mass is 532 g/mol. The molecule has 5 rings (SSSR count). The van der Waals surface area contributed by atoms with E-state index >= 15 is 0 Å². The lowest BCUT2D eigenvalue weighted by Crippen LogP contribution is -2.32. The molecule has 7 nitrogen and oxygen atoms in total. The standard InChI is InChI=1S/C30H32N2O5S/c1-18(2)24-8-6-19(3)14-26(24)35-11-10-31-29(33)28(38-30(31)34)16-22-15-20(4)32(21(22)5)23-7-9-25-27(17-23)37-13-12-36-25/h6-9,14-18H,10-13H2,1-5H3/b28-16-. The van der Waals surface area contributed by atoms with E-state index in [0.717, 1.165) is 62.8 Å². The van der Waals surface area contributed by atoms with Gasteiger partial charge in [0, 0.05) is 23.1 Å². The van der Waals surface area contributed by atoms with Gasteiger partial charge in [0.15, 0.2) is 11.5 Å². The molecule has 2 aliphatic heterocycles. The highest BCUT2D eigenvalue weighted by atomic mass is 32.2. The van der Waals surface area contributed by atoms with Crippen molar-refractivity contribution in [3.8, 4) is 22.9 Å². The van der Waals surface area contributed by atoms with Crippen LogP contribution in [0.4, 0.5) is 4.79 Å². The van der Waals surface area contributed by atoms with Gasteiger partial charge < -0.3 is 18.8 Å². The lowest BCUT2D eigenvalue weighted by Gasteiger charge is -2.20. The molecule has 8 heteroatoms. The fraction of sp³-hybridized carbons (Fsp3) is 0.333. The minimum Gasteiger partial charge on any atom is -0.491 e. The van der Waals surface area contributed by atoms with Gasteiger partial charge >= 0.3 is 0 Å². The molecule has 1 aromatic heterocycles. The molecule has 0 radical (unpaired) electrons. The summed E-state index contributed by atoms with van der Waals surface area (Å²) < 4.78 is 19.5. The van der Waals surface area contributed by atoms with Crippen LogP contribution in [0.25, 0.3) is 11.8 Å². The zero-order valence-corrected chi connectivity index (χ0v) is 23.2. The summed E-state index contributed by atoms with van der Waals surface area (Å²) in [7, 11) is 0. The Morgan fingerprint density at radius 3 is 2.53 bits per heavy atom. The second-order valence-corrected chi connectivity index (χ2v) is 10.9. The Bertz CT molecular complexity index is 1440. The summed E-state index contributed by atoms with van der Waals surface area (Å²) in [5.74, 6) is 2.28. The van der Waals surface area contributed by atoms with Gasteiger partial charge in [0.25, 0.3) is 11.1 Å².